The van der Waals surface area contributed by atoms with Crippen molar-refractivity contribution in [3.8, 4) is 0 Å². The van der Waals surface area contributed by atoms with Crippen molar-refractivity contribution in [3.63, 3.8) is 0 Å². The average molecular weight is 563 g/mol. The minimum atomic E-state index is -0.826. The number of halogens is 2. The molecule has 5 aliphatic rings. The van der Waals surface area contributed by atoms with Gasteiger partial charge in [-0.2, -0.15) is 0 Å². The van der Waals surface area contributed by atoms with Crippen LogP contribution in [0.5, 0.6) is 0 Å². The van der Waals surface area contributed by atoms with Crippen molar-refractivity contribution in [2.24, 2.45) is 64.6 Å². The van der Waals surface area contributed by atoms with Crippen LogP contribution in [0, 0.1) is 79.4 Å². The third-order valence-electron chi connectivity index (χ3n) is 11.1. The summed E-state index contributed by atoms with van der Waals surface area (Å²) in [6.07, 6.45) is 18.7. The topological polar surface area (TPSA) is 0 Å². The van der Waals surface area contributed by atoms with Crippen molar-refractivity contribution in [2.45, 2.75) is 105 Å². The predicted octanol–water partition coefficient (Wildman–Crippen LogP) is 10.2. The standard InChI is InChI=1S/C27H46.2CH3.2ClH.Zr/c1-17-9-12-21-22-13-10-18(2)16-24(22)26(23(21)15-17)27(3,4)25-14-11-19-7-5-6-8-20(19)25;;;;;/h17-26H,5-16H2,1-4H3;2*1H3;2*1H;/q;2*-1;;;+4/p-2. The molecule has 0 nitrogen and oxygen atoms in total. The van der Waals surface area contributed by atoms with Gasteiger partial charge in [-0.25, -0.2) is 0 Å². The summed E-state index contributed by atoms with van der Waals surface area (Å²) in [5, 5.41) is 0. The van der Waals surface area contributed by atoms with Crippen molar-refractivity contribution in [1.82, 2.24) is 0 Å². The Morgan fingerprint density at radius 3 is 1.66 bits per heavy atom. The number of fused-ring (bicyclic) bond motifs is 4. The summed E-state index contributed by atoms with van der Waals surface area (Å²) >= 11 is -0.826. The van der Waals surface area contributed by atoms with Crippen LogP contribution in [-0.4, -0.2) is 0 Å². The number of hydrogen-bond donors (Lipinski definition) is 0. The Morgan fingerprint density at radius 1 is 0.625 bits per heavy atom. The van der Waals surface area contributed by atoms with E-state index in [1.54, 1.807) is 51.4 Å². The Hall–Kier alpha value is 1.46. The molecule has 0 spiro atoms. The van der Waals surface area contributed by atoms with Crippen LogP contribution in [0.25, 0.3) is 0 Å². The second-order valence-electron chi connectivity index (χ2n) is 12.8. The summed E-state index contributed by atoms with van der Waals surface area (Å²) in [6.45, 7) is 10.7. The molecule has 186 valence electrons. The van der Waals surface area contributed by atoms with Gasteiger partial charge in [0.1, 0.15) is 0 Å². The van der Waals surface area contributed by atoms with Gasteiger partial charge in [-0.3, -0.25) is 0 Å². The van der Waals surface area contributed by atoms with E-state index in [1.165, 1.54) is 25.7 Å². The second-order valence-corrected chi connectivity index (χ2v) is 16.5. The Bertz CT molecular complexity index is 537. The molecule has 0 saturated heterocycles. The molecule has 5 aliphatic carbocycles. The monoisotopic (exact) mass is 560 g/mol. The molecule has 5 saturated carbocycles. The van der Waals surface area contributed by atoms with E-state index < -0.39 is 20.8 Å². The summed E-state index contributed by atoms with van der Waals surface area (Å²) in [5.41, 5.74) is 0.590. The first kappa shape index (κ1) is 29.7. The van der Waals surface area contributed by atoms with Crippen molar-refractivity contribution in [3.05, 3.63) is 14.9 Å². The van der Waals surface area contributed by atoms with E-state index in [-0.39, 0.29) is 14.9 Å². The van der Waals surface area contributed by atoms with Crippen molar-refractivity contribution in [1.29, 1.82) is 0 Å². The van der Waals surface area contributed by atoms with Gasteiger partial charge in [0.05, 0.1) is 0 Å². The molecule has 0 heterocycles. The zero-order chi connectivity index (χ0) is 21.5. The summed E-state index contributed by atoms with van der Waals surface area (Å²) in [7, 11) is 9.87. The van der Waals surface area contributed by atoms with E-state index in [9.17, 15) is 0 Å². The summed E-state index contributed by atoms with van der Waals surface area (Å²) in [6, 6.07) is 0. The van der Waals surface area contributed by atoms with E-state index in [2.05, 4.69) is 27.7 Å². The van der Waals surface area contributed by atoms with Crippen LogP contribution in [0.4, 0.5) is 0 Å². The molecule has 0 amide bonds. The van der Waals surface area contributed by atoms with E-state index in [1.807, 2.05) is 0 Å². The molecular weight excluding hydrogens is 510 g/mol. The van der Waals surface area contributed by atoms with E-state index in [0.29, 0.717) is 5.41 Å². The van der Waals surface area contributed by atoms with Gasteiger partial charge in [0.25, 0.3) is 0 Å². The Labute approximate surface area is 220 Å². The summed E-state index contributed by atoms with van der Waals surface area (Å²) in [4.78, 5) is 0. The fourth-order valence-corrected chi connectivity index (χ4v) is 10.1. The van der Waals surface area contributed by atoms with Gasteiger partial charge >= 0.3 is 37.9 Å². The van der Waals surface area contributed by atoms with Crippen molar-refractivity contribution >= 4 is 17.0 Å². The molecule has 0 aromatic heterocycles. The van der Waals surface area contributed by atoms with Crippen LogP contribution in [-0.2, 0) is 20.8 Å². The first-order valence-corrected chi connectivity index (χ1v) is 19.7. The predicted molar refractivity (Wildman–Crippen MR) is 140 cm³/mol. The van der Waals surface area contributed by atoms with Crippen LogP contribution in [0.2, 0.25) is 0 Å². The molecule has 0 bridgehead atoms. The molecule has 0 aromatic carbocycles. The van der Waals surface area contributed by atoms with Gasteiger partial charge in [0.15, 0.2) is 0 Å². The van der Waals surface area contributed by atoms with Gasteiger partial charge in [-0.1, -0.05) is 59.8 Å². The quantitative estimate of drug-likeness (QED) is 0.294. The third kappa shape index (κ3) is 5.72. The fraction of sp³-hybridized carbons (Fsp3) is 0.931. The fourth-order valence-electron chi connectivity index (χ4n) is 10.1. The molecule has 3 heteroatoms. The molecule has 0 N–H and O–H groups in total. The molecule has 5 rings (SSSR count). The van der Waals surface area contributed by atoms with Crippen LogP contribution < -0.4 is 0 Å². The van der Waals surface area contributed by atoms with Crippen molar-refractivity contribution < 1.29 is 20.8 Å². The molecule has 5 fully saturated rings. The Morgan fingerprint density at radius 2 is 1.12 bits per heavy atom. The molecule has 32 heavy (non-hydrogen) atoms. The van der Waals surface area contributed by atoms with Crippen molar-refractivity contribution in [2.75, 3.05) is 0 Å². The first-order valence-electron chi connectivity index (χ1n) is 13.3. The average Bonchev–Trinajstić information content (AvgIpc) is 3.27. The zero-order valence-corrected chi connectivity index (χ0v) is 26.0. The van der Waals surface area contributed by atoms with Gasteiger partial charge in [-0.15, -0.1) is 0 Å². The molecular formula is C29H52Cl2Zr. The number of hydrogen-bond acceptors (Lipinski definition) is 0. The molecule has 0 radical (unpaired) electrons. The molecule has 0 aromatic rings. The first-order chi connectivity index (χ1) is 14.4. The maximum atomic E-state index is 4.93. The Balaban J connectivity index is 0.000000690. The maximum absolute atomic E-state index is 4.93. The van der Waals surface area contributed by atoms with Gasteiger partial charge < -0.3 is 14.9 Å². The van der Waals surface area contributed by atoms with Gasteiger partial charge in [0, 0.05) is 0 Å². The summed E-state index contributed by atoms with van der Waals surface area (Å²) < 4.78 is 0. The van der Waals surface area contributed by atoms with Gasteiger partial charge in [0.2, 0.25) is 0 Å². The third-order valence-corrected chi connectivity index (χ3v) is 11.1. The summed E-state index contributed by atoms with van der Waals surface area (Å²) in [5.74, 6) is 10.6. The van der Waals surface area contributed by atoms with Gasteiger partial charge in [-0.05, 0) is 110 Å². The molecule has 9 unspecified atom stereocenters. The molecule has 9 atom stereocenters. The van der Waals surface area contributed by atoms with Crippen LogP contribution in [0.15, 0.2) is 0 Å². The second kappa shape index (κ2) is 12.6. The normalized spacial score (nSPS) is 44.9. The van der Waals surface area contributed by atoms with E-state index in [4.69, 9.17) is 17.0 Å². The van der Waals surface area contributed by atoms with Crippen LogP contribution >= 0.6 is 17.0 Å². The Kier molecular flexibility index (Phi) is 11.7. The SMILES string of the molecule is CC1CCC2C3CCC(C)CC3C(C(C)(C)C3CCC4CCCCC43)C2C1.[CH3-].[CH3-].[Cl][Zr+2][Cl]. The molecule has 0 aliphatic heterocycles. The number of rotatable bonds is 2. The zero-order valence-electron chi connectivity index (χ0n) is 22.0. The van der Waals surface area contributed by atoms with Crippen LogP contribution in [0.3, 0.4) is 0 Å². The van der Waals surface area contributed by atoms with Crippen LogP contribution in [0.1, 0.15) is 105 Å². The van der Waals surface area contributed by atoms with E-state index in [0.717, 1.165) is 59.2 Å². The van der Waals surface area contributed by atoms with E-state index >= 15 is 0 Å². The minimum absolute atomic E-state index is 0.